The number of halogens is 1. The van der Waals surface area contributed by atoms with Gasteiger partial charge in [0.25, 0.3) is 5.88 Å². The number of aryl methyl sites for hydroxylation is 2. The molecule has 0 fully saturated rings. The minimum Gasteiger partial charge on any atom is -0.433 e. The van der Waals surface area contributed by atoms with E-state index in [-0.39, 0.29) is 0 Å². The van der Waals surface area contributed by atoms with Crippen LogP contribution < -0.4 is 10.5 Å². The summed E-state index contributed by atoms with van der Waals surface area (Å²) >= 11 is 3.40. The summed E-state index contributed by atoms with van der Waals surface area (Å²) in [5.74, 6) is 1.73. The Bertz CT molecular complexity index is 776. The highest BCUT2D eigenvalue weighted by molar-refractivity contribution is 9.10. The summed E-state index contributed by atoms with van der Waals surface area (Å²) in [4.78, 5) is 4.21. The Morgan fingerprint density at radius 3 is 2.80 bits per heavy atom. The SMILES string of the molecule is Cc1cc(Br)cc(N)c1Oc1nccn2c(C)nnc12. The highest BCUT2D eigenvalue weighted by Gasteiger charge is 2.13. The quantitative estimate of drug-likeness (QED) is 0.729. The minimum absolute atomic E-state index is 0.380. The average Bonchev–Trinajstić information content (AvgIpc) is 2.77. The van der Waals surface area contributed by atoms with Gasteiger partial charge in [-0.3, -0.25) is 4.40 Å². The molecule has 6 nitrogen and oxygen atoms in total. The van der Waals surface area contributed by atoms with Crippen LogP contribution in [0.3, 0.4) is 0 Å². The number of hydrogen-bond donors (Lipinski definition) is 1. The number of aromatic nitrogens is 4. The van der Waals surface area contributed by atoms with E-state index in [9.17, 15) is 0 Å². The average molecular weight is 334 g/mol. The van der Waals surface area contributed by atoms with Gasteiger partial charge in [-0.1, -0.05) is 15.9 Å². The van der Waals surface area contributed by atoms with Gasteiger partial charge in [0.2, 0.25) is 5.65 Å². The van der Waals surface area contributed by atoms with Crippen molar-refractivity contribution in [3.63, 3.8) is 0 Å². The molecule has 0 radical (unpaired) electrons. The van der Waals surface area contributed by atoms with E-state index in [0.717, 1.165) is 15.9 Å². The Balaban J connectivity index is 2.10. The number of nitrogens with two attached hydrogens (primary N) is 1. The predicted molar refractivity (Wildman–Crippen MR) is 78.9 cm³/mol. The maximum absolute atomic E-state index is 5.99. The highest BCUT2D eigenvalue weighted by Crippen LogP contribution is 2.34. The third kappa shape index (κ3) is 2.09. The molecule has 2 aromatic heterocycles. The molecule has 20 heavy (non-hydrogen) atoms. The third-order valence-corrected chi connectivity index (χ3v) is 3.39. The van der Waals surface area contributed by atoms with Gasteiger partial charge in [-0.15, -0.1) is 10.2 Å². The first kappa shape index (κ1) is 12.9. The van der Waals surface area contributed by atoms with E-state index in [4.69, 9.17) is 10.5 Å². The van der Waals surface area contributed by atoms with Gasteiger partial charge in [0, 0.05) is 16.9 Å². The van der Waals surface area contributed by atoms with E-state index < -0.39 is 0 Å². The third-order valence-electron chi connectivity index (χ3n) is 2.93. The van der Waals surface area contributed by atoms with Crippen molar-refractivity contribution in [3.05, 3.63) is 40.4 Å². The van der Waals surface area contributed by atoms with E-state index in [1.807, 2.05) is 24.3 Å². The minimum atomic E-state index is 0.380. The standard InChI is InChI=1S/C13H12BrN5O/c1-7-5-9(14)6-10(15)11(7)20-13-12-18-17-8(2)19(12)4-3-16-13/h3-6H,15H2,1-2H3. The number of ether oxygens (including phenoxy) is 1. The molecule has 0 spiro atoms. The van der Waals surface area contributed by atoms with Gasteiger partial charge in [-0.2, -0.15) is 0 Å². The second-order valence-corrected chi connectivity index (χ2v) is 5.33. The van der Waals surface area contributed by atoms with Gasteiger partial charge in [-0.25, -0.2) is 4.98 Å². The van der Waals surface area contributed by atoms with Crippen LogP contribution in [-0.4, -0.2) is 19.6 Å². The second-order valence-electron chi connectivity index (χ2n) is 4.42. The summed E-state index contributed by atoms with van der Waals surface area (Å²) in [6.07, 6.45) is 3.43. The Kier molecular flexibility index (Phi) is 3.06. The molecular weight excluding hydrogens is 322 g/mol. The fraction of sp³-hybridized carbons (Fsp3) is 0.154. The van der Waals surface area contributed by atoms with Crippen molar-refractivity contribution < 1.29 is 4.74 Å². The molecule has 0 aliphatic heterocycles. The molecule has 0 saturated heterocycles. The molecule has 0 saturated carbocycles. The molecule has 0 aliphatic carbocycles. The highest BCUT2D eigenvalue weighted by atomic mass is 79.9. The molecule has 102 valence electrons. The van der Waals surface area contributed by atoms with Crippen LogP contribution >= 0.6 is 15.9 Å². The first-order valence-electron chi connectivity index (χ1n) is 5.96. The molecule has 0 bridgehead atoms. The van der Waals surface area contributed by atoms with E-state index in [1.165, 1.54) is 0 Å². The molecule has 0 unspecified atom stereocenters. The Morgan fingerprint density at radius 2 is 2.05 bits per heavy atom. The lowest BCUT2D eigenvalue weighted by atomic mass is 10.2. The van der Waals surface area contributed by atoms with Gasteiger partial charge in [-0.05, 0) is 31.5 Å². The molecule has 0 amide bonds. The molecule has 0 aliphatic rings. The van der Waals surface area contributed by atoms with Crippen LogP contribution in [0.15, 0.2) is 29.0 Å². The summed E-state index contributed by atoms with van der Waals surface area (Å²) in [6, 6.07) is 3.72. The topological polar surface area (TPSA) is 78.3 Å². The lowest BCUT2D eigenvalue weighted by Crippen LogP contribution is -1.99. The van der Waals surface area contributed by atoms with E-state index in [1.54, 1.807) is 18.5 Å². The van der Waals surface area contributed by atoms with Gasteiger partial charge < -0.3 is 10.5 Å². The largest absolute Gasteiger partial charge is 0.433 e. The van der Waals surface area contributed by atoms with Crippen LogP contribution in [0.1, 0.15) is 11.4 Å². The lowest BCUT2D eigenvalue weighted by molar-refractivity contribution is 0.463. The molecule has 3 aromatic rings. The van der Waals surface area contributed by atoms with Crippen molar-refractivity contribution >= 4 is 27.3 Å². The van der Waals surface area contributed by atoms with Crippen molar-refractivity contribution in [3.8, 4) is 11.6 Å². The summed E-state index contributed by atoms with van der Waals surface area (Å²) < 4.78 is 8.56. The number of fused-ring (bicyclic) bond motifs is 1. The fourth-order valence-corrected chi connectivity index (χ4v) is 2.57. The molecule has 7 heteroatoms. The van der Waals surface area contributed by atoms with E-state index in [2.05, 4.69) is 31.1 Å². The van der Waals surface area contributed by atoms with E-state index in [0.29, 0.717) is 23.0 Å². The predicted octanol–water partition coefficient (Wildman–Crippen LogP) is 2.88. The zero-order valence-corrected chi connectivity index (χ0v) is 12.5. The maximum atomic E-state index is 5.99. The number of rotatable bonds is 2. The number of nitrogens with zero attached hydrogens (tertiary/aromatic N) is 4. The van der Waals surface area contributed by atoms with Crippen molar-refractivity contribution in [1.29, 1.82) is 0 Å². The van der Waals surface area contributed by atoms with Crippen LogP contribution in [0.2, 0.25) is 0 Å². The second kappa shape index (κ2) is 4.75. The zero-order valence-electron chi connectivity index (χ0n) is 11.0. The molecule has 2 N–H and O–H groups in total. The summed E-state index contributed by atoms with van der Waals surface area (Å²) in [7, 11) is 0. The van der Waals surface area contributed by atoms with Crippen LogP contribution in [0.25, 0.3) is 5.65 Å². The van der Waals surface area contributed by atoms with Crippen molar-refractivity contribution in [2.75, 3.05) is 5.73 Å². The number of hydrogen-bond acceptors (Lipinski definition) is 5. The molecule has 2 heterocycles. The van der Waals surface area contributed by atoms with E-state index >= 15 is 0 Å². The molecule has 1 aromatic carbocycles. The van der Waals surface area contributed by atoms with Crippen molar-refractivity contribution in [2.24, 2.45) is 0 Å². The summed E-state index contributed by atoms with van der Waals surface area (Å²) in [5.41, 5.74) is 8.01. The number of benzene rings is 1. The monoisotopic (exact) mass is 333 g/mol. The van der Waals surface area contributed by atoms with Crippen molar-refractivity contribution in [1.82, 2.24) is 19.6 Å². The fourth-order valence-electron chi connectivity index (χ4n) is 1.98. The van der Waals surface area contributed by atoms with Crippen LogP contribution in [0.4, 0.5) is 5.69 Å². The number of anilines is 1. The van der Waals surface area contributed by atoms with Crippen molar-refractivity contribution in [2.45, 2.75) is 13.8 Å². The molecule has 0 atom stereocenters. The van der Waals surface area contributed by atoms with Crippen LogP contribution in [0, 0.1) is 13.8 Å². The number of nitrogen functional groups attached to an aromatic ring is 1. The first-order chi connectivity index (χ1) is 9.56. The van der Waals surface area contributed by atoms with Crippen LogP contribution in [-0.2, 0) is 0 Å². The normalized spacial score (nSPS) is 10.9. The molecular formula is C13H12BrN5O. The van der Waals surface area contributed by atoms with Gasteiger partial charge in [0.05, 0.1) is 5.69 Å². The van der Waals surface area contributed by atoms with Gasteiger partial charge in [0.15, 0.2) is 5.75 Å². The summed E-state index contributed by atoms with van der Waals surface area (Å²) in [5, 5.41) is 8.08. The van der Waals surface area contributed by atoms with Crippen LogP contribution in [0.5, 0.6) is 11.6 Å². The molecule has 3 rings (SSSR count). The van der Waals surface area contributed by atoms with Gasteiger partial charge in [0.1, 0.15) is 5.82 Å². The Hall–Kier alpha value is -2.15. The zero-order chi connectivity index (χ0) is 14.3. The smallest absolute Gasteiger partial charge is 0.265 e. The maximum Gasteiger partial charge on any atom is 0.265 e. The summed E-state index contributed by atoms with van der Waals surface area (Å²) in [6.45, 7) is 3.79. The first-order valence-corrected chi connectivity index (χ1v) is 6.75. The lowest BCUT2D eigenvalue weighted by Gasteiger charge is -2.11. The van der Waals surface area contributed by atoms with Gasteiger partial charge >= 0.3 is 0 Å². The Morgan fingerprint density at radius 1 is 1.25 bits per heavy atom. The Labute approximate surface area is 123 Å².